The highest BCUT2D eigenvalue weighted by Crippen LogP contribution is 2.27. The number of thioether (sulfide) groups is 1. The molecule has 1 aromatic carbocycles. The van der Waals surface area contributed by atoms with Crippen LogP contribution >= 0.6 is 11.8 Å². The molecule has 4 heteroatoms. The first-order valence-corrected chi connectivity index (χ1v) is 5.31. The van der Waals surface area contributed by atoms with Gasteiger partial charge in [0.2, 0.25) is 0 Å². The summed E-state index contributed by atoms with van der Waals surface area (Å²) in [4.78, 5) is 3.74. The number of phenols is 1. The first kappa shape index (κ1) is 7.68. The Balaban J connectivity index is 2.43. The molecule has 0 spiro atoms. The zero-order valence-electron chi connectivity index (χ0n) is 11.1. The van der Waals surface area contributed by atoms with Crippen LogP contribution in [0.1, 0.15) is 4.11 Å². The van der Waals surface area contributed by atoms with E-state index in [1.54, 1.807) is 12.1 Å². The largest absolute Gasteiger partial charge is 0.508 e. The summed E-state index contributed by atoms with van der Waals surface area (Å²) in [5.74, 6) is -0.556. The number of aromatic hydroxyl groups is 1. The van der Waals surface area contributed by atoms with Gasteiger partial charge >= 0.3 is 0 Å². The van der Waals surface area contributed by atoms with Crippen molar-refractivity contribution in [2.24, 2.45) is 0 Å². The first-order valence-electron chi connectivity index (χ1n) is 5.99. The summed E-state index contributed by atoms with van der Waals surface area (Å²) in [6.45, 7) is 0. The molecule has 0 saturated heterocycles. The van der Waals surface area contributed by atoms with Crippen LogP contribution < -0.4 is 0 Å². The quantitative estimate of drug-likeness (QED) is 0.815. The number of phenolic OH excluding ortho intramolecular Hbond substituents is 1. The van der Waals surface area contributed by atoms with Gasteiger partial charge in [0.25, 0.3) is 0 Å². The van der Waals surface area contributed by atoms with Crippen molar-refractivity contribution in [2.45, 2.75) is 5.03 Å². The summed E-state index contributed by atoms with van der Waals surface area (Å²) < 4.78 is 35.2. The molecule has 82 valence electrons. The molecule has 0 unspecified atom stereocenters. The van der Waals surface area contributed by atoms with Gasteiger partial charge in [-0.25, -0.2) is 9.37 Å². The summed E-state index contributed by atoms with van der Waals surface area (Å²) in [5.41, 5.74) is 0.671. The van der Waals surface area contributed by atoms with Gasteiger partial charge in [0.05, 0.1) is 11.2 Å². The number of aromatic nitrogens is 1. The monoisotopic (exact) mass is 238 g/mol. The average molecular weight is 238 g/mol. The second-order valence-electron chi connectivity index (χ2n) is 3.15. The lowest BCUT2D eigenvalue weighted by molar-refractivity contribution is 0.475. The Hall–Kier alpha value is -1.55. The van der Waals surface area contributed by atoms with E-state index < -0.39 is 12.0 Å². The van der Waals surface area contributed by atoms with Gasteiger partial charge in [-0.05, 0) is 29.9 Å². The molecule has 0 aliphatic carbocycles. The minimum atomic E-state index is -2.24. The van der Waals surface area contributed by atoms with Gasteiger partial charge in [-0.3, -0.25) is 0 Å². The minimum absolute atomic E-state index is 0.0127. The van der Waals surface area contributed by atoms with Crippen molar-refractivity contribution in [1.82, 2.24) is 4.98 Å². The molecule has 0 saturated carbocycles. The fraction of sp³-hybridized carbons (Fsp3) is 0.0833. The van der Waals surface area contributed by atoms with Crippen molar-refractivity contribution in [3.05, 3.63) is 42.3 Å². The van der Waals surface area contributed by atoms with E-state index in [1.807, 2.05) is 0 Å². The highest BCUT2D eigenvalue weighted by molar-refractivity contribution is 7.98. The van der Waals surface area contributed by atoms with Crippen molar-refractivity contribution in [1.29, 1.82) is 0 Å². The molecule has 2 nitrogen and oxygen atoms in total. The van der Waals surface area contributed by atoms with Crippen LogP contribution in [-0.2, 0) is 0 Å². The number of benzene rings is 1. The van der Waals surface area contributed by atoms with E-state index in [0.29, 0.717) is 17.3 Å². The fourth-order valence-corrected chi connectivity index (χ4v) is 1.65. The third-order valence-corrected chi connectivity index (χ3v) is 2.52. The van der Waals surface area contributed by atoms with Gasteiger partial charge in [-0.1, -0.05) is 12.1 Å². The van der Waals surface area contributed by atoms with Crippen molar-refractivity contribution in [2.75, 3.05) is 6.18 Å². The highest BCUT2D eigenvalue weighted by Gasteiger charge is 2.07. The molecule has 2 aromatic rings. The predicted octanol–water partition coefficient (Wildman–Crippen LogP) is 3.32. The van der Waals surface area contributed by atoms with Crippen molar-refractivity contribution >= 4 is 11.8 Å². The van der Waals surface area contributed by atoms with E-state index in [1.165, 1.54) is 18.2 Å². The molecule has 0 radical (unpaired) electrons. The Morgan fingerprint density at radius 3 is 3.06 bits per heavy atom. The zero-order valence-corrected chi connectivity index (χ0v) is 8.96. The van der Waals surface area contributed by atoms with Gasteiger partial charge < -0.3 is 5.11 Å². The lowest BCUT2D eigenvalue weighted by Gasteiger charge is -2.05. The molecule has 0 fully saturated rings. The zero-order chi connectivity index (χ0) is 14.0. The van der Waals surface area contributed by atoms with Crippen LogP contribution in [0.4, 0.5) is 4.39 Å². The molecular weight excluding hydrogens is 225 g/mol. The predicted molar refractivity (Wildman–Crippen MR) is 63.1 cm³/mol. The van der Waals surface area contributed by atoms with Crippen LogP contribution in [0.15, 0.2) is 41.6 Å². The molecule has 16 heavy (non-hydrogen) atoms. The standard InChI is InChI=1S/C12H10FNOS/c1-16-12-6-10(11(13)7-14-12)8-3-2-4-9(15)5-8/h2-7,15H,1H3/i1D3. The molecule has 0 amide bonds. The summed E-state index contributed by atoms with van der Waals surface area (Å²) in [6.07, 6.45) is -1.26. The summed E-state index contributed by atoms with van der Waals surface area (Å²) in [6, 6.07) is 7.45. The van der Waals surface area contributed by atoms with Crippen LogP contribution in [0.3, 0.4) is 0 Å². The smallest absolute Gasteiger partial charge is 0.149 e. The van der Waals surface area contributed by atoms with E-state index in [2.05, 4.69) is 4.98 Å². The molecule has 1 heterocycles. The van der Waals surface area contributed by atoms with Gasteiger partial charge in [-0.2, -0.15) is 0 Å². The summed E-state index contributed by atoms with van der Waals surface area (Å²) in [5, 5.41) is 9.60. The highest BCUT2D eigenvalue weighted by atomic mass is 32.2. The Kier molecular flexibility index (Phi) is 2.17. The first-order chi connectivity index (χ1) is 8.85. The topological polar surface area (TPSA) is 33.1 Å². The fourth-order valence-electron chi connectivity index (χ4n) is 1.37. The minimum Gasteiger partial charge on any atom is -0.508 e. The van der Waals surface area contributed by atoms with Crippen LogP contribution in [0.25, 0.3) is 11.1 Å². The van der Waals surface area contributed by atoms with Gasteiger partial charge in [-0.15, -0.1) is 11.8 Å². The number of hydrogen-bond donors (Lipinski definition) is 1. The van der Waals surface area contributed by atoms with Gasteiger partial charge in [0.15, 0.2) is 0 Å². The third kappa shape index (κ3) is 2.17. The van der Waals surface area contributed by atoms with E-state index in [4.69, 9.17) is 4.11 Å². The Labute approximate surface area is 101 Å². The Morgan fingerprint density at radius 2 is 2.31 bits per heavy atom. The third-order valence-electron chi connectivity index (χ3n) is 2.09. The lowest BCUT2D eigenvalue weighted by atomic mass is 10.1. The van der Waals surface area contributed by atoms with Crippen molar-refractivity contribution < 1.29 is 13.6 Å². The van der Waals surface area contributed by atoms with E-state index in [9.17, 15) is 9.50 Å². The van der Waals surface area contributed by atoms with Crippen LogP contribution in [0.5, 0.6) is 5.75 Å². The Morgan fingerprint density at radius 1 is 1.44 bits per heavy atom. The number of halogens is 1. The molecule has 1 N–H and O–H groups in total. The van der Waals surface area contributed by atoms with E-state index >= 15 is 0 Å². The normalized spacial score (nSPS) is 13.9. The molecule has 0 bridgehead atoms. The molecule has 2 rings (SSSR count). The van der Waals surface area contributed by atoms with Crippen LogP contribution in [0.2, 0.25) is 0 Å². The SMILES string of the molecule is [2H]C([2H])([2H])Sc1cc(-c2cccc(O)c2)c(F)cn1. The molecule has 1 aromatic heterocycles. The van der Waals surface area contributed by atoms with E-state index in [-0.39, 0.29) is 16.3 Å². The van der Waals surface area contributed by atoms with Gasteiger partial charge in [0.1, 0.15) is 11.6 Å². The number of hydrogen-bond acceptors (Lipinski definition) is 3. The molecule has 0 aliphatic heterocycles. The maximum atomic E-state index is 13.7. The maximum absolute atomic E-state index is 13.7. The lowest BCUT2D eigenvalue weighted by Crippen LogP contribution is -1.88. The number of rotatable bonds is 2. The molecule has 0 aliphatic rings. The maximum Gasteiger partial charge on any atom is 0.149 e. The summed E-state index contributed by atoms with van der Waals surface area (Å²) >= 11 is 0.582. The van der Waals surface area contributed by atoms with Gasteiger partial charge in [0, 0.05) is 9.68 Å². The van der Waals surface area contributed by atoms with Crippen molar-refractivity contribution in [3.63, 3.8) is 0 Å². The molecule has 0 atom stereocenters. The van der Waals surface area contributed by atoms with Crippen LogP contribution in [0, 0.1) is 5.82 Å². The number of nitrogens with zero attached hydrogens (tertiary/aromatic N) is 1. The van der Waals surface area contributed by atoms with Crippen LogP contribution in [-0.4, -0.2) is 16.3 Å². The summed E-state index contributed by atoms with van der Waals surface area (Å²) in [7, 11) is 0. The molecular formula is C12H10FNOS. The second kappa shape index (κ2) is 4.53. The Bertz CT molecular complexity index is 604. The average Bonchev–Trinajstić information content (AvgIpc) is 2.30. The second-order valence-corrected chi connectivity index (χ2v) is 3.78. The van der Waals surface area contributed by atoms with E-state index in [0.717, 1.165) is 6.20 Å². The number of pyridine rings is 1. The van der Waals surface area contributed by atoms with Crippen molar-refractivity contribution in [3.8, 4) is 16.9 Å².